The molecule has 2 heteroatoms. The van der Waals surface area contributed by atoms with Crippen LogP contribution in [0.4, 0.5) is 0 Å². The van der Waals surface area contributed by atoms with Gasteiger partial charge in [-0.15, -0.1) is 0 Å². The zero-order valence-corrected chi connectivity index (χ0v) is 9.42. The van der Waals surface area contributed by atoms with Crippen LogP contribution in [0.15, 0.2) is 24.3 Å². The van der Waals surface area contributed by atoms with Crippen molar-refractivity contribution in [3.05, 3.63) is 35.4 Å². The zero-order chi connectivity index (χ0) is 10.5. The van der Waals surface area contributed by atoms with E-state index in [4.69, 9.17) is 0 Å². The van der Waals surface area contributed by atoms with Crippen molar-refractivity contribution >= 4 is 0 Å². The molecule has 0 unspecified atom stereocenters. The van der Waals surface area contributed by atoms with Gasteiger partial charge in [-0.05, 0) is 25.3 Å². The lowest BCUT2D eigenvalue weighted by atomic mass is 10.1. The van der Waals surface area contributed by atoms with Gasteiger partial charge in [-0.3, -0.25) is 0 Å². The molecule has 0 aliphatic heterocycles. The second-order valence-corrected chi connectivity index (χ2v) is 4.39. The molecule has 0 saturated heterocycles. The Morgan fingerprint density at radius 1 is 1.27 bits per heavy atom. The minimum Gasteiger partial charge on any atom is -0.313 e. The van der Waals surface area contributed by atoms with E-state index in [1.54, 1.807) is 0 Å². The van der Waals surface area contributed by atoms with Crippen molar-refractivity contribution in [3.63, 3.8) is 0 Å². The molecular weight excluding hydrogens is 184 g/mol. The Kier molecular flexibility index (Phi) is 3.75. The molecule has 0 aromatic heterocycles. The fraction of sp³-hybridized carbons (Fsp3) is 0.538. The van der Waals surface area contributed by atoms with Gasteiger partial charge in [0, 0.05) is 25.7 Å². The highest BCUT2D eigenvalue weighted by Crippen LogP contribution is 2.17. The monoisotopic (exact) mass is 204 g/mol. The Hall–Kier alpha value is -0.860. The summed E-state index contributed by atoms with van der Waals surface area (Å²) in [4.78, 5) is 0. The maximum atomic E-state index is 3.49. The average molecular weight is 204 g/mol. The Balaban J connectivity index is 1.60. The van der Waals surface area contributed by atoms with Crippen LogP contribution in [0.3, 0.4) is 0 Å². The molecule has 1 aliphatic rings. The van der Waals surface area contributed by atoms with Gasteiger partial charge in [0.15, 0.2) is 0 Å². The number of nitrogens with one attached hydrogen (secondary N) is 2. The van der Waals surface area contributed by atoms with Gasteiger partial charge in [-0.1, -0.05) is 29.8 Å². The molecule has 2 nitrogen and oxygen atoms in total. The Morgan fingerprint density at radius 3 is 2.87 bits per heavy atom. The van der Waals surface area contributed by atoms with Gasteiger partial charge in [0.05, 0.1) is 0 Å². The summed E-state index contributed by atoms with van der Waals surface area (Å²) in [5.41, 5.74) is 2.71. The van der Waals surface area contributed by atoms with Crippen molar-refractivity contribution < 1.29 is 0 Å². The molecule has 0 spiro atoms. The third-order valence-electron chi connectivity index (χ3n) is 2.72. The van der Waals surface area contributed by atoms with Gasteiger partial charge in [0.1, 0.15) is 0 Å². The third kappa shape index (κ3) is 4.02. The minimum absolute atomic E-state index is 0.825. The number of hydrogen-bond donors (Lipinski definition) is 2. The van der Waals surface area contributed by atoms with Crippen molar-refractivity contribution in [2.24, 2.45) is 0 Å². The van der Waals surface area contributed by atoms with Crippen LogP contribution in [-0.2, 0) is 6.54 Å². The number of aryl methyl sites for hydroxylation is 1. The number of rotatable bonds is 6. The normalized spacial score (nSPS) is 15.5. The first kappa shape index (κ1) is 10.7. The van der Waals surface area contributed by atoms with Gasteiger partial charge in [-0.25, -0.2) is 0 Å². The number of hydrogen-bond acceptors (Lipinski definition) is 2. The summed E-state index contributed by atoms with van der Waals surface area (Å²) < 4.78 is 0. The second kappa shape index (κ2) is 5.29. The molecule has 15 heavy (non-hydrogen) atoms. The van der Waals surface area contributed by atoms with E-state index in [1.807, 2.05) is 0 Å². The lowest BCUT2D eigenvalue weighted by Crippen LogP contribution is -2.28. The molecule has 1 aliphatic carbocycles. The molecule has 2 rings (SSSR count). The van der Waals surface area contributed by atoms with Gasteiger partial charge < -0.3 is 10.6 Å². The second-order valence-electron chi connectivity index (χ2n) is 4.39. The molecule has 1 aromatic rings. The van der Waals surface area contributed by atoms with Crippen molar-refractivity contribution in [2.75, 3.05) is 13.1 Å². The van der Waals surface area contributed by atoms with Crippen LogP contribution < -0.4 is 10.6 Å². The molecule has 0 radical (unpaired) electrons. The zero-order valence-electron chi connectivity index (χ0n) is 9.42. The van der Waals surface area contributed by atoms with Gasteiger partial charge in [0.2, 0.25) is 0 Å². The minimum atomic E-state index is 0.825. The van der Waals surface area contributed by atoms with Crippen LogP contribution in [0, 0.1) is 6.92 Å². The first-order chi connectivity index (χ1) is 7.34. The summed E-state index contributed by atoms with van der Waals surface area (Å²) in [5.74, 6) is 0. The predicted molar refractivity (Wildman–Crippen MR) is 63.9 cm³/mol. The lowest BCUT2D eigenvalue weighted by molar-refractivity contribution is 0.608. The smallest absolute Gasteiger partial charge is 0.0206 e. The molecule has 0 amide bonds. The van der Waals surface area contributed by atoms with E-state index in [1.165, 1.54) is 24.0 Å². The van der Waals surface area contributed by atoms with Crippen LogP contribution in [0.2, 0.25) is 0 Å². The Bertz CT molecular complexity index is 305. The average Bonchev–Trinajstić information content (AvgIpc) is 3.01. The van der Waals surface area contributed by atoms with E-state index in [0.29, 0.717) is 0 Å². The summed E-state index contributed by atoms with van der Waals surface area (Å²) in [7, 11) is 0. The van der Waals surface area contributed by atoms with Crippen molar-refractivity contribution in [1.82, 2.24) is 10.6 Å². The topological polar surface area (TPSA) is 24.1 Å². The van der Waals surface area contributed by atoms with Crippen LogP contribution in [0.1, 0.15) is 24.0 Å². The molecule has 1 saturated carbocycles. The summed E-state index contributed by atoms with van der Waals surface area (Å²) >= 11 is 0. The van der Waals surface area contributed by atoms with E-state index < -0.39 is 0 Å². The highest BCUT2D eigenvalue weighted by atomic mass is 15.0. The van der Waals surface area contributed by atoms with E-state index in [9.17, 15) is 0 Å². The maximum Gasteiger partial charge on any atom is 0.0206 e. The van der Waals surface area contributed by atoms with Crippen LogP contribution in [0.5, 0.6) is 0 Å². The van der Waals surface area contributed by atoms with Crippen molar-refractivity contribution in [1.29, 1.82) is 0 Å². The SMILES string of the molecule is Cc1cccc(CNCCNC2CC2)c1. The molecule has 0 heterocycles. The van der Waals surface area contributed by atoms with Crippen LogP contribution in [0.25, 0.3) is 0 Å². The van der Waals surface area contributed by atoms with E-state index in [2.05, 4.69) is 41.8 Å². The Morgan fingerprint density at radius 2 is 2.13 bits per heavy atom. The molecule has 0 bridgehead atoms. The molecular formula is C13H20N2. The van der Waals surface area contributed by atoms with E-state index in [0.717, 1.165) is 25.7 Å². The van der Waals surface area contributed by atoms with Crippen LogP contribution >= 0.6 is 0 Å². The molecule has 82 valence electrons. The summed E-state index contributed by atoms with van der Waals surface area (Å²) in [6.45, 7) is 5.27. The van der Waals surface area contributed by atoms with E-state index in [-0.39, 0.29) is 0 Å². The Labute approximate surface area is 92.1 Å². The lowest BCUT2D eigenvalue weighted by Gasteiger charge is -2.06. The maximum absolute atomic E-state index is 3.49. The van der Waals surface area contributed by atoms with Crippen LogP contribution in [-0.4, -0.2) is 19.1 Å². The quantitative estimate of drug-likeness (QED) is 0.691. The summed E-state index contributed by atoms with van der Waals surface area (Å²) in [5, 5.41) is 6.94. The first-order valence-electron chi connectivity index (χ1n) is 5.84. The number of benzene rings is 1. The largest absolute Gasteiger partial charge is 0.313 e. The third-order valence-corrected chi connectivity index (χ3v) is 2.72. The summed E-state index contributed by atoms with van der Waals surface area (Å²) in [6.07, 6.45) is 2.75. The summed E-state index contributed by atoms with van der Waals surface area (Å²) in [6, 6.07) is 9.49. The predicted octanol–water partition coefficient (Wildman–Crippen LogP) is 1.84. The van der Waals surface area contributed by atoms with Gasteiger partial charge in [-0.2, -0.15) is 0 Å². The fourth-order valence-electron chi connectivity index (χ4n) is 1.71. The molecule has 1 fully saturated rings. The first-order valence-corrected chi connectivity index (χ1v) is 5.84. The van der Waals surface area contributed by atoms with Gasteiger partial charge >= 0.3 is 0 Å². The van der Waals surface area contributed by atoms with Gasteiger partial charge in [0.25, 0.3) is 0 Å². The standard InChI is InChI=1S/C13H20N2/c1-11-3-2-4-12(9-11)10-14-7-8-15-13-5-6-13/h2-4,9,13-15H,5-8,10H2,1H3. The molecule has 0 atom stereocenters. The van der Waals surface area contributed by atoms with Crippen molar-refractivity contribution in [3.8, 4) is 0 Å². The van der Waals surface area contributed by atoms with Crippen molar-refractivity contribution in [2.45, 2.75) is 32.4 Å². The molecule has 2 N–H and O–H groups in total. The fourth-order valence-corrected chi connectivity index (χ4v) is 1.71. The van der Waals surface area contributed by atoms with E-state index >= 15 is 0 Å². The molecule has 1 aromatic carbocycles. The highest BCUT2D eigenvalue weighted by molar-refractivity contribution is 5.21. The highest BCUT2D eigenvalue weighted by Gasteiger charge is 2.19.